The molecule has 2 amide bonds. The van der Waals surface area contributed by atoms with E-state index in [1.807, 2.05) is 43.0 Å². The summed E-state index contributed by atoms with van der Waals surface area (Å²) in [6.07, 6.45) is 0. The minimum Gasteiger partial charge on any atom is -0.359 e. The average molecular weight is 444 g/mol. The van der Waals surface area contributed by atoms with Gasteiger partial charge in [0.05, 0.1) is 23.1 Å². The molecular weight excluding hydrogens is 410 g/mol. The third-order valence-electron chi connectivity index (χ3n) is 5.01. The van der Waals surface area contributed by atoms with Gasteiger partial charge in [0.25, 0.3) is 0 Å². The molecule has 0 bridgehead atoms. The molecule has 2 heterocycles. The van der Waals surface area contributed by atoms with E-state index in [2.05, 4.69) is 56.2 Å². The van der Waals surface area contributed by atoms with Crippen molar-refractivity contribution in [3.05, 3.63) is 36.0 Å². The lowest BCUT2D eigenvalue weighted by atomic mass is 10.1. The van der Waals surface area contributed by atoms with Gasteiger partial charge in [0.15, 0.2) is 5.82 Å². The molecule has 0 spiro atoms. The van der Waals surface area contributed by atoms with Crippen molar-refractivity contribution in [2.75, 3.05) is 30.1 Å². The highest BCUT2D eigenvalue weighted by atomic mass is 32.2. The lowest BCUT2D eigenvalue weighted by Crippen LogP contribution is -2.29. The number of rotatable bonds is 7. The molecule has 0 saturated carbocycles. The number of aromatic nitrogens is 2. The van der Waals surface area contributed by atoms with Crippen LogP contribution in [0.25, 0.3) is 11.4 Å². The SMILES string of the molecule is CCNC(=O)Nc1ccc(-c2nc(N3COC[C@@H]3C)cc(C(C)(C)SC(C)C)n2)cc1. The molecule has 2 aromatic rings. The fraction of sp³-hybridized carbons (Fsp3) is 0.522. The van der Waals surface area contributed by atoms with E-state index in [1.165, 1.54) is 0 Å². The van der Waals surface area contributed by atoms with Crippen LogP contribution in [0.2, 0.25) is 0 Å². The van der Waals surface area contributed by atoms with Crippen molar-refractivity contribution in [3.8, 4) is 11.4 Å². The van der Waals surface area contributed by atoms with Crippen molar-refractivity contribution in [1.29, 1.82) is 0 Å². The van der Waals surface area contributed by atoms with Gasteiger partial charge in [-0.25, -0.2) is 14.8 Å². The van der Waals surface area contributed by atoms with Crippen molar-refractivity contribution in [2.45, 2.75) is 57.6 Å². The Morgan fingerprint density at radius 2 is 2.00 bits per heavy atom. The number of carbonyl (C=O) groups is 1. The lowest BCUT2D eigenvalue weighted by Gasteiger charge is -2.28. The molecule has 1 saturated heterocycles. The maximum atomic E-state index is 11.8. The normalized spacial score (nSPS) is 16.6. The van der Waals surface area contributed by atoms with Crippen LogP contribution in [0.4, 0.5) is 16.3 Å². The Kier molecular flexibility index (Phi) is 7.43. The van der Waals surface area contributed by atoms with Crippen LogP contribution < -0.4 is 15.5 Å². The molecule has 1 atom stereocenters. The lowest BCUT2D eigenvalue weighted by molar-refractivity contribution is 0.195. The summed E-state index contributed by atoms with van der Waals surface area (Å²) in [5.41, 5.74) is 2.63. The summed E-state index contributed by atoms with van der Waals surface area (Å²) in [5, 5.41) is 6.03. The maximum absolute atomic E-state index is 11.8. The molecule has 3 rings (SSSR count). The van der Waals surface area contributed by atoms with Crippen LogP contribution in [-0.4, -0.2) is 47.2 Å². The highest BCUT2D eigenvalue weighted by molar-refractivity contribution is 8.00. The molecule has 0 unspecified atom stereocenters. The molecule has 1 aliphatic rings. The highest BCUT2D eigenvalue weighted by Crippen LogP contribution is 2.39. The largest absolute Gasteiger partial charge is 0.359 e. The molecule has 0 radical (unpaired) electrons. The molecule has 1 aromatic heterocycles. The number of hydrogen-bond acceptors (Lipinski definition) is 6. The Hall–Kier alpha value is -2.32. The number of benzene rings is 1. The van der Waals surface area contributed by atoms with Crippen molar-refractivity contribution in [3.63, 3.8) is 0 Å². The predicted molar refractivity (Wildman–Crippen MR) is 129 cm³/mol. The first kappa shape index (κ1) is 23.3. The van der Waals surface area contributed by atoms with Gasteiger partial charge < -0.3 is 20.3 Å². The first-order chi connectivity index (χ1) is 14.7. The van der Waals surface area contributed by atoms with Crippen molar-refractivity contribution in [2.24, 2.45) is 0 Å². The van der Waals surface area contributed by atoms with Crippen LogP contribution in [0.1, 0.15) is 47.2 Å². The van der Waals surface area contributed by atoms with E-state index in [-0.39, 0.29) is 16.8 Å². The Morgan fingerprint density at radius 1 is 1.29 bits per heavy atom. The number of urea groups is 1. The van der Waals surface area contributed by atoms with E-state index in [1.54, 1.807) is 0 Å². The Bertz CT molecular complexity index is 901. The van der Waals surface area contributed by atoms with Crippen molar-refractivity contribution < 1.29 is 9.53 Å². The molecule has 31 heavy (non-hydrogen) atoms. The van der Waals surface area contributed by atoms with Gasteiger partial charge >= 0.3 is 6.03 Å². The van der Waals surface area contributed by atoms with Crippen LogP contribution in [0, 0.1) is 0 Å². The van der Waals surface area contributed by atoms with Crippen LogP contribution in [-0.2, 0) is 9.48 Å². The van der Waals surface area contributed by atoms with Crippen LogP contribution in [0.3, 0.4) is 0 Å². The van der Waals surface area contributed by atoms with E-state index in [9.17, 15) is 4.79 Å². The second-order valence-electron chi connectivity index (χ2n) is 8.49. The number of amides is 2. The van der Waals surface area contributed by atoms with Gasteiger partial charge in [0, 0.05) is 23.9 Å². The zero-order valence-electron chi connectivity index (χ0n) is 19.2. The molecule has 8 heteroatoms. The Morgan fingerprint density at radius 3 is 2.58 bits per heavy atom. The van der Waals surface area contributed by atoms with Gasteiger partial charge in [-0.3, -0.25) is 0 Å². The third-order valence-corrected chi connectivity index (χ3v) is 6.28. The van der Waals surface area contributed by atoms with Crippen LogP contribution >= 0.6 is 11.8 Å². The van der Waals surface area contributed by atoms with Gasteiger partial charge in [0.1, 0.15) is 12.5 Å². The summed E-state index contributed by atoms with van der Waals surface area (Å²) in [5.74, 6) is 1.56. The van der Waals surface area contributed by atoms with E-state index in [0.717, 1.165) is 22.8 Å². The number of ether oxygens (including phenoxy) is 1. The molecule has 7 nitrogen and oxygen atoms in total. The second kappa shape index (κ2) is 9.87. The highest BCUT2D eigenvalue weighted by Gasteiger charge is 2.29. The Labute approximate surface area is 189 Å². The topological polar surface area (TPSA) is 79.4 Å². The summed E-state index contributed by atoms with van der Waals surface area (Å²) in [4.78, 5) is 23.8. The quantitative estimate of drug-likeness (QED) is 0.637. The van der Waals surface area contributed by atoms with Gasteiger partial charge in [0.2, 0.25) is 0 Å². The monoisotopic (exact) mass is 443 g/mol. The molecular formula is C23H33N5O2S. The minimum absolute atomic E-state index is 0.163. The second-order valence-corrected chi connectivity index (χ2v) is 10.7. The zero-order chi connectivity index (χ0) is 22.6. The smallest absolute Gasteiger partial charge is 0.319 e. The summed E-state index contributed by atoms with van der Waals surface area (Å²) in [7, 11) is 0. The molecule has 0 aliphatic carbocycles. The summed E-state index contributed by atoms with van der Waals surface area (Å²) in [6.45, 7) is 14.6. The maximum Gasteiger partial charge on any atom is 0.319 e. The fourth-order valence-electron chi connectivity index (χ4n) is 3.54. The third kappa shape index (κ3) is 5.89. The molecule has 1 aromatic carbocycles. The number of anilines is 2. The number of nitrogens with zero attached hydrogens (tertiary/aromatic N) is 3. The number of carbonyl (C=O) groups excluding carboxylic acids is 1. The van der Waals surface area contributed by atoms with Crippen molar-refractivity contribution >= 4 is 29.3 Å². The van der Waals surface area contributed by atoms with E-state index < -0.39 is 0 Å². The van der Waals surface area contributed by atoms with Gasteiger partial charge in [-0.2, -0.15) is 0 Å². The fourth-order valence-corrected chi connectivity index (χ4v) is 4.94. The van der Waals surface area contributed by atoms with Gasteiger partial charge in [-0.05, 0) is 57.2 Å². The molecule has 2 N–H and O–H groups in total. The van der Waals surface area contributed by atoms with Gasteiger partial charge in [-0.15, -0.1) is 11.8 Å². The van der Waals surface area contributed by atoms with E-state index in [4.69, 9.17) is 14.7 Å². The number of thioether (sulfide) groups is 1. The van der Waals surface area contributed by atoms with E-state index in [0.29, 0.717) is 31.0 Å². The summed E-state index contributed by atoms with van der Waals surface area (Å²) in [6, 6.07) is 9.76. The van der Waals surface area contributed by atoms with Crippen LogP contribution in [0.5, 0.6) is 0 Å². The van der Waals surface area contributed by atoms with E-state index >= 15 is 0 Å². The minimum atomic E-state index is -0.216. The predicted octanol–water partition coefficient (Wildman–Crippen LogP) is 4.84. The first-order valence-corrected chi connectivity index (χ1v) is 11.6. The molecule has 168 valence electrons. The van der Waals surface area contributed by atoms with Gasteiger partial charge in [-0.1, -0.05) is 13.8 Å². The number of hydrogen-bond donors (Lipinski definition) is 2. The Balaban J connectivity index is 1.96. The first-order valence-electron chi connectivity index (χ1n) is 10.8. The van der Waals surface area contributed by atoms with Crippen molar-refractivity contribution in [1.82, 2.24) is 15.3 Å². The standard InChI is InChI=1S/C23H33N5O2S/c1-7-24-22(29)25-18-10-8-17(9-11-18)21-26-19(23(5,6)31-15(2)3)12-20(27-21)28-14-30-13-16(28)4/h8-12,15-16H,7,13-14H2,1-6H3,(H2,24,25,29)/t16-/m0/s1. The molecule has 1 fully saturated rings. The summed E-state index contributed by atoms with van der Waals surface area (Å²) < 4.78 is 5.48. The van der Waals surface area contributed by atoms with Crippen LogP contribution in [0.15, 0.2) is 30.3 Å². The summed E-state index contributed by atoms with van der Waals surface area (Å²) >= 11 is 1.89. The number of nitrogens with one attached hydrogen (secondary N) is 2. The average Bonchev–Trinajstić information content (AvgIpc) is 3.13. The molecule has 1 aliphatic heterocycles. The zero-order valence-corrected chi connectivity index (χ0v) is 20.0.